The van der Waals surface area contributed by atoms with Crippen molar-refractivity contribution in [2.45, 2.75) is 38.0 Å². The van der Waals surface area contributed by atoms with Crippen molar-refractivity contribution in [3.63, 3.8) is 0 Å². The highest BCUT2D eigenvalue weighted by atomic mass is 16.5. The van der Waals surface area contributed by atoms with Crippen LogP contribution in [0.25, 0.3) is 0 Å². The summed E-state index contributed by atoms with van der Waals surface area (Å²) in [6.45, 7) is 2.31. The summed E-state index contributed by atoms with van der Waals surface area (Å²) in [5.41, 5.74) is 6.97. The van der Waals surface area contributed by atoms with Crippen LogP contribution in [0.15, 0.2) is 18.2 Å². The molecule has 0 saturated carbocycles. The van der Waals surface area contributed by atoms with E-state index in [4.69, 9.17) is 10.5 Å². The van der Waals surface area contributed by atoms with Crippen molar-refractivity contribution < 1.29 is 23.9 Å². The summed E-state index contributed by atoms with van der Waals surface area (Å²) in [6, 6.07) is 4.18. The summed E-state index contributed by atoms with van der Waals surface area (Å²) < 4.78 is 5.59. The van der Waals surface area contributed by atoms with Crippen LogP contribution in [0.2, 0.25) is 0 Å². The first-order chi connectivity index (χ1) is 14.0. The Balaban J connectivity index is 1.46. The summed E-state index contributed by atoms with van der Waals surface area (Å²) in [6.07, 6.45) is 1.25. The van der Waals surface area contributed by atoms with Gasteiger partial charge in [-0.05, 0) is 30.4 Å². The zero-order valence-corrected chi connectivity index (χ0v) is 16.0. The normalized spacial score (nSPS) is 26.8. The summed E-state index contributed by atoms with van der Waals surface area (Å²) in [7, 11) is 0. The van der Waals surface area contributed by atoms with Gasteiger partial charge in [0.2, 0.25) is 11.8 Å². The Labute approximate surface area is 167 Å². The standard InChI is InChI=1S/C20H24N4O5/c21-7-13-6-11(10-29-13)8-22-9-12-2-1-3-14-17(12)20(28)24(19(14)27)15-4-5-16(25)23-18(15)26/h1-3,11,13,15,22H,4-10,21H2,(H,23,25,26). The fourth-order valence-electron chi connectivity index (χ4n) is 4.23. The molecule has 29 heavy (non-hydrogen) atoms. The molecule has 2 saturated heterocycles. The fourth-order valence-corrected chi connectivity index (χ4v) is 4.23. The Morgan fingerprint density at radius 1 is 1.21 bits per heavy atom. The van der Waals surface area contributed by atoms with Crippen molar-refractivity contribution in [2.24, 2.45) is 11.7 Å². The van der Waals surface area contributed by atoms with Gasteiger partial charge >= 0.3 is 0 Å². The lowest BCUT2D eigenvalue weighted by atomic mass is 10.0. The number of nitrogens with one attached hydrogen (secondary N) is 2. The van der Waals surface area contributed by atoms with Gasteiger partial charge in [0.15, 0.2) is 0 Å². The number of fused-ring (bicyclic) bond motifs is 1. The van der Waals surface area contributed by atoms with Crippen LogP contribution < -0.4 is 16.4 Å². The molecule has 9 nitrogen and oxygen atoms in total. The minimum atomic E-state index is -0.954. The minimum Gasteiger partial charge on any atom is -0.377 e. The fraction of sp³-hybridized carbons (Fsp3) is 0.500. The number of imide groups is 2. The zero-order chi connectivity index (χ0) is 20.5. The van der Waals surface area contributed by atoms with Gasteiger partial charge in [-0.15, -0.1) is 0 Å². The van der Waals surface area contributed by atoms with E-state index in [9.17, 15) is 19.2 Å². The van der Waals surface area contributed by atoms with Gasteiger partial charge in [-0.3, -0.25) is 29.4 Å². The van der Waals surface area contributed by atoms with E-state index in [1.807, 2.05) is 0 Å². The number of piperidine rings is 1. The molecule has 0 radical (unpaired) electrons. The molecular weight excluding hydrogens is 376 g/mol. The second kappa shape index (κ2) is 8.02. The van der Waals surface area contributed by atoms with E-state index in [0.717, 1.165) is 17.9 Å². The van der Waals surface area contributed by atoms with Crippen molar-refractivity contribution in [1.82, 2.24) is 15.5 Å². The Morgan fingerprint density at radius 2 is 2.03 bits per heavy atom. The first kappa shape index (κ1) is 19.7. The topological polar surface area (TPSA) is 131 Å². The first-order valence-electron chi connectivity index (χ1n) is 9.85. The number of carbonyl (C=O) groups is 4. The van der Waals surface area contributed by atoms with Crippen LogP contribution in [0.4, 0.5) is 0 Å². The van der Waals surface area contributed by atoms with Gasteiger partial charge in [0, 0.05) is 26.1 Å². The number of nitrogens with two attached hydrogens (primary N) is 1. The molecule has 4 rings (SSSR count). The second-order valence-electron chi connectivity index (χ2n) is 7.71. The maximum atomic E-state index is 13.0. The van der Waals surface area contributed by atoms with E-state index in [1.165, 1.54) is 0 Å². The number of hydrogen-bond donors (Lipinski definition) is 3. The largest absolute Gasteiger partial charge is 0.377 e. The van der Waals surface area contributed by atoms with E-state index in [-0.39, 0.29) is 24.9 Å². The van der Waals surface area contributed by atoms with Crippen LogP contribution in [-0.4, -0.2) is 60.4 Å². The van der Waals surface area contributed by atoms with Gasteiger partial charge in [-0.1, -0.05) is 12.1 Å². The van der Waals surface area contributed by atoms with Crippen molar-refractivity contribution in [2.75, 3.05) is 19.7 Å². The molecule has 3 aliphatic rings. The van der Waals surface area contributed by atoms with Crippen molar-refractivity contribution in [3.8, 4) is 0 Å². The third kappa shape index (κ3) is 3.68. The van der Waals surface area contributed by atoms with Crippen LogP contribution >= 0.6 is 0 Å². The Kier molecular flexibility index (Phi) is 5.44. The van der Waals surface area contributed by atoms with E-state index >= 15 is 0 Å². The summed E-state index contributed by atoms with van der Waals surface area (Å²) in [5.74, 6) is -1.61. The van der Waals surface area contributed by atoms with Crippen molar-refractivity contribution in [1.29, 1.82) is 0 Å². The van der Waals surface area contributed by atoms with Gasteiger partial charge in [-0.2, -0.15) is 0 Å². The van der Waals surface area contributed by atoms with Gasteiger partial charge in [0.1, 0.15) is 6.04 Å². The molecule has 9 heteroatoms. The van der Waals surface area contributed by atoms with E-state index in [2.05, 4.69) is 10.6 Å². The van der Waals surface area contributed by atoms with E-state index in [0.29, 0.717) is 42.3 Å². The van der Waals surface area contributed by atoms with Crippen molar-refractivity contribution in [3.05, 3.63) is 34.9 Å². The van der Waals surface area contributed by atoms with Crippen LogP contribution in [-0.2, 0) is 20.9 Å². The Morgan fingerprint density at radius 3 is 2.76 bits per heavy atom. The monoisotopic (exact) mass is 400 g/mol. The molecule has 3 heterocycles. The highest BCUT2D eigenvalue weighted by molar-refractivity contribution is 6.24. The number of ether oxygens (including phenoxy) is 1. The number of nitrogens with zero attached hydrogens (tertiary/aromatic N) is 1. The summed E-state index contributed by atoms with van der Waals surface area (Å²) in [5, 5.41) is 5.54. The molecule has 0 bridgehead atoms. The predicted molar refractivity (Wildman–Crippen MR) is 102 cm³/mol. The summed E-state index contributed by atoms with van der Waals surface area (Å²) >= 11 is 0. The molecule has 0 aromatic heterocycles. The number of rotatable bonds is 6. The number of hydrogen-bond acceptors (Lipinski definition) is 7. The molecule has 1 aromatic rings. The van der Waals surface area contributed by atoms with Crippen LogP contribution in [0.1, 0.15) is 45.5 Å². The third-order valence-corrected chi connectivity index (χ3v) is 5.73. The lowest BCUT2D eigenvalue weighted by Crippen LogP contribution is -2.54. The maximum absolute atomic E-state index is 13.0. The lowest BCUT2D eigenvalue weighted by Gasteiger charge is -2.27. The highest BCUT2D eigenvalue weighted by Crippen LogP contribution is 2.30. The third-order valence-electron chi connectivity index (χ3n) is 5.73. The predicted octanol–water partition coefficient (Wildman–Crippen LogP) is -0.459. The molecule has 154 valence electrons. The molecule has 4 N–H and O–H groups in total. The number of carbonyl (C=O) groups excluding carboxylic acids is 4. The van der Waals surface area contributed by atoms with Gasteiger partial charge in [-0.25, -0.2) is 0 Å². The molecular formula is C20H24N4O5. The SMILES string of the molecule is NCC1CC(CNCc2cccc3c2C(=O)N(C2CCC(=O)NC2=O)C3=O)CO1. The first-order valence-corrected chi connectivity index (χ1v) is 9.85. The smallest absolute Gasteiger partial charge is 0.262 e. The van der Waals surface area contributed by atoms with Crippen LogP contribution in [0.3, 0.4) is 0 Å². The number of amides is 4. The van der Waals surface area contributed by atoms with Crippen LogP contribution in [0, 0.1) is 5.92 Å². The van der Waals surface area contributed by atoms with Gasteiger partial charge < -0.3 is 15.8 Å². The lowest BCUT2D eigenvalue weighted by molar-refractivity contribution is -0.136. The van der Waals surface area contributed by atoms with E-state index in [1.54, 1.807) is 18.2 Å². The molecule has 0 aliphatic carbocycles. The molecule has 3 aliphatic heterocycles. The average molecular weight is 400 g/mol. The maximum Gasteiger partial charge on any atom is 0.262 e. The molecule has 1 aromatic carbocycles. The van der Waals surface area contributed by atoms with Crippen molar-refractivity contribution >= 4 is 23.6 Å². The quantitative estimate of drug-likeness (QED) is 0.551. The molecule has 0 spiro atoms. The zero-order valence-electron chi connectivity index (χ0n) is 16.0. The Hall–Kier alpha value is -2.62. The molecule has 3 unspecified atom stereocenters. The minimum absolute atomic E-state index is 0.101. The highest BCUT2D eigenvalue weighted by Gasteiger charge is 2.45. The molecule has 4 amide bonds. The second-order valence-corrected chi connectivity index (χ2v) is 7.71. The average Bonchev–Trinajstić information content (AvgIpc) is 3.26. The van der Waals surface area contributed by atoms with Gasteiger partial charge in [0.25, 0.3) is 11.8 Å². The van der Waals surface area contributed by atoms with E-state index < -0.39 is 23.8 Å². The molecule has 3 atom stereocenters. The summed E-state index contributed by atoms with van der Waals surface area (Å²) in [4.78, 5) is 50.4. The number of benzene rings is 1. The Bertz CT molecular complexity index is 870. The molecule has 2 fully saturated rings. The van der Waals surface area contributed by atoms with Crippen LogP contribution in [0.5, 0.6) is 0 Å². The van der Waals surface area contributed by atoms with Gasteiger partial charge in [0.05, 0.1) is 23.8 Å².